The Labute approximate surface area is 106 Å². The van der Waals surface area contributed by atoms with Crippen LogP contribution < -0.4 is 4.74 Å². The number of thiophene rings is 1. The van der Waals surface area contributed by atoms with Gasteiger partial charge in [0, 0.05) is 5.56 Å². The molecule has 0 N–H and O–H groups in total. The first-order valence-corrected chi connectivity index (χ1v) is 6.60. The summed E-state index contributed by atoms with van der Waals surface area (Å²) in [6.07, 6.45) is 2.02. The molecule has 1 aromatic heterocycles. The van der Waals surface area contributed by atoms with Gasteiger partial charge in [0.25, 0.3) is 0 Å². The van der Waals surface area contributed by atoms with Crippen molar-refractivity contribution in [3.8, 4) is 16.9 Å². The van der Waals surface area contributed by atoms with Gasteiger partial charge in [0.05, 0.1) is 6.10 Å². The van der Waals surface area contributed by atoms with E-state index in [-0.39, 0.29) is 6.10 Å². The second kappa shape index (κ2) is 5.19. The molecular weight excluding hydrogens is 228 g/mol. The number of hydrogen-bond acceptors (Lipinski definition) is 2. The predicted molar refractivity (Wildman–Crippen MR) is 75.6 cm³/mol. The van der Waals surface area contributed by atoms with Crippen LogP contribution in [0.1, 0.15) is 19.4 Å². The quantitative estimate of drug-likeness (QED) is 0.747. The van der Waals surface area contributed by atoms with Gasteiger partial charge in [-0.1, -0.05) is 18.7 Å². The lowest BCUT2D eigenvalue weighted by molar-refractivity contribution is 0.242. The molecule has 2 heteroatoms. The van der Waals surface area contributed by atoms with Gasteiger partial charge in [0.2, 0.25) is 0 Å². The molecule has 0 aliphatic rings. The Morgan fingerprint density at radius 2 is 2.06 bits per heavy atom. The van der Waals surface area contributed by atoms with Gasteiger partial charge >= 0.3 is 0 Å². The zero-order valence-corrected chi connectivity index (χ0v) is 11.0. The highest BCUT2D eigenvalue weighted by molar-refractivity contribution is 7.08. The van der Waals surface area contributed by atoms with Gasteiger partial charge in [-0.15, -0.1) is 0 Å². The molecule has 17 heavy (non-hydrogen) atoms. The highest BCUT2D eigenvalue weighted by Gasteiger charge is 2.06. The van der Waals surface area contributed by atoms with Gasteiger partial charge in [-0.3, -0.25) is 0 Å². The average Bonchev–Trinajstić information content (AvgIpc) is 2.82. The SMILES string of the molecule is C=Cc1cc(-c2ccsc2)ccc1OC(C)C. The summed E-state index contributed by atoms with van der Waals surface area (Å²) >= 11 is 1.71. The fourth-order valence-corrected chi connectivity index (χ4v) is 2.34. The largest absolute Gasteiger partial charge is 0.490 e. The van der Waals surface area contributed by atoms with Gasteiger partial charge in [-0.2, -0.15) is 11.3 Å². The summed E-state index contributed by atoms with van der Waals surface area (Å²) < 4.78 is 5.74. The minimum Gasteiger partial charge on any atom is -0.490 e. The molecule has 0 saturated heterocycles. The van der Waals surface area contributed by atoms with E-state index >= 15 is 0 Å². The number of ether oxygens (including phenoxy) is 1. The Bertz CT molecular complexity index is 498. The van der Waals surface area contributed by atoms with Crippen molar-refractivity contribution in [1.29, 1.82) is 0 Å². The van der Waals surface area contributed by atoms with Crippen molar-refractivity contribution < 1.29 is 4.74 Å². The fourth-order valence-electron chi connectivity index (χ4n) is 1.68. The molecule has 0 saturated carbocycles. The van der Waals surface area contributed by atoms with Crippen LogP contribution in [0.15, 0.2) is 41.6 Å². The summed E-state index contributed by atoms with van der Waals surface area (Å²) in [5, 5.41) is 4.23. The van der Waals surface area contributed by atoms with Crippen LogP contribution in [0.5, 0.6) is 5.75 Å². The summed E-state index contributed by atoms with van der Waals surface area (Å²) in [6, 6.07) is 8.35. The molecule has 0 unspecified atom stereocenters. The monoisotopic (exact) mass is 244 g/mol. The van der Waals surface area contributed by atoms with Gasteiger partial charge in [0.1, 0.15) is 5.75 Å². The molecular formula is C15H16OS. The molecule has 1 aromatic carbocycles. The Kier molecular flexibility index (Phi) is 3.64. The summed E-state index contributed by atoms with van der Waals surface area (Å²) in [5.41, 5.74) is 3.49. The minimum absolute atomic E-state index is 0.181. The second-order valence-electron chi connectivity index (χ2n) is 4.14. The standard InChI is InChI=1S/C15H16OS/c1-4-12-9-13(14-7-8-17-10-14)5-6-15(12)16-11(2)3/h4-11H,1H2,2-3H3. The summed E-state index contributed by atoms with van der Waals surface area (Å²) in [6.45, 7) is 7.90. The molecule has 0 fully saturated rings. The Morgan fingerprint density at radius 1 is 1.24 bits per heavy atom. The topological polar surface area (TPSA) is 9.23 Å². The molecule has 1 nitrogen and oxygen atoms in total. The number of hydrogen-bond donors (Lipinski definition) is 0. The van der Waals surface area contributed by atoms with Crippen molar-refractivity contribution in [1.82, 2.24) is 0 Å². The van der Waals surface area contributed by atoms with E-state index < -0.39 is 0 Å². The fraction of sp³-hybridized carbons (Fsp3) is 0.200. The van der Waals surface area contributed by atoms with E-state index in [1.807, 2.05) is 26.0 Å². The van der Waals surface area contributed by atoms with E-state index in [0.717, 1.165) is 11.3 Å². The maximum Gasteiger partial charge on any atom is 0.126 e. The second-order valence-corrected chi connectivity index (χ2v) is 4.92. The molecule has 0 bridgehead atoms. The number of benzene rings is 1. The maximum absolute atomic E-state index is 5.74. The minimum atomic E-state index is 0.181. The predicted octanol–water partition coefficient (Wildman–Crippen LogP) is 4.85. The van der Waals surface area contributed by atoms with E-state index in [9.17, 15) is 0 Å². The smallest absolute Gasteiger partial charge is 0.126 e. The van der Waals surface area contributed by atoms with Crippen molar-refractivity contribution in [2.24, 2.45) is 0 Å². The first kappa shape index (κ1) is 11.9. The summed E-state index contributed by atoms with van der Waals surface area (Å²) in [7, 11) is 0. The van der Waals surface area contributed by atoms with Crippen LogP contribution in [-0.4, -0.2) is 6.10 Å². The third-order valence-corrected chi connectivity index (χ3v) is 3.13. The molecule has 0 aliphatic heterocycles. The van der Waals surface area contributed by atoms with Gasteiger partial charge in [0.15, 0.2) is 0 Å². The van der Waals surface area contributed by atoms with Crippen LogP contribution in [0, 0.1) is 0 Å². The van der Waals surface area contributed by atoms with E-state index in [0.29, 0.717) is 0 Å². The maximum atomic E-state index is 5.74. The molecule has 1 heterocycles. The molecule has 0 amide bonds. The Balaban J connectivity index is 2.37. The van der Waals surface area contributed by atoms with Gasteiger partial charge in [-0.05, 0) is 53.9 Å². The third-order valence-electron chi connectivity index (χ3n) is 2.45. The normalized spacial score (nSPS) is 10.5. The van der Waals surface area contributed by atoms with Gasteiger partial charge < -0.3 is 4.74 Å². The lowest BCUT2D eigenvalue weighted by Gasteiger charge is -2.13. The van der Waals surface area contributed by atoms with Crippen LogP contribution in [0.25, 0.3) is 17.2 Å². The van der Waals surface area contributed by atoms with Crippen LogP contribution in [0.3, 0.4) is 0 Å². The van der Waals surface area contributed by atoms with Crippen molar-refractivity contribution in [3.63, 3.8) is 0 Å². The molecule has 88 valence electrons. The highest BCUT2D eigenvalue weighted by atomic mass is 32.1. The van der Waals surface area contributed by atoms with Crippen molar-refractivity contribution in [2.75, 3.05) is 0 Å². The van der Waals surface area contributed by atoms with Crippen LogP contribution in [0.4, 0.5) is 0 Å². The zero-order valence-electron chi connectivity index (χ0n) is 10.1. The lowest BCUT2D eigenvalue weighted by atomic mass is 10.1. The first-order valence-electron chi connectivity index (χ1n) is 5.66. The van der Waals surface area contributed by atoms with E-state index in [1.165, 1.54) is 11.1 Å². The molecule has 0 aliphatic carbocycles. The first-order chi connectivity index (χ1) is 8.20. The van der Waals surface area contributed by atoms with E-state index in [2.05, 4.69) is 35.5 Å². The van der Waals surface area contributed by atoms with Crippen LogP contribution in [0.2, 0.25) is 0 Å². The average molecular weight is 244 g/mol. The van der Waals surface area contributed by atoms with Crippen LogP contribution in [-0.2, 0) is 0 Å². The van der Waals surface area contributed by atoms with Crippen molar-refractivity contribution in [2.45, 2.75) is 20.0 Å². The Morgan fingerprint density at radius 3 is 2.65 bits per heavy atom. The summed E-state index contributed by atoms with van der Waals surface area (Å²) in [4.78, 5) is 0. The van der Waals surface area contributed by atoms with Crippen molar-refractivity contribution in [3.05, 3.63) is 47.2 Å². The molecule has 2 rings (SSSR count). The summed E-state index contributed by atoms with van der Waals surface area (Å²) in [5.74, 6) is 0.897. The van der Waals surface area contributed by atoms with Crippen molar-refractivity contribution >= 4 is 17.4 Å². The van der Waals surface area contributed by atoms with E-state index in [4.69, 9.17) is 4.74 Å². The van der Waals surface area contributed by atoms with E-state index in [1.54, 1.807) is 11.3 Å². The molecule has 0 atom stereocenters. The molecule has 2 aromatic rings. The third kappa shape index (κ3) is 2.77. The molecule has 0 radical (unpaired) electrons. The van der Waals surface area contributed by atoms with Crippen LogP contribution >= 0.6 is 11.3 Å². The Hall–Kier alpha value is -1.54. The lowest BCUT2D eigenvalue weighted by Crippen LogP contribution is -2.06. The highest BCUT2D eigenvalue weighted by Crippen LogP contribution is 2.29. The van der Waals surface area contributed by atoms with Gasteiger partial charge in [-0.25, -0.2) is 0 Å². The number of rotatable bonds is 4. The zero-order chi connectivity index (χ0) is 12.3. The molecule has 0 spiro atoms.